The van der Waals surface area contributed by atoms with Crippen LogP contribution in [0.1, 0.15) is 49.1 Å². The highest BCUT2D eigenvalue weighted by Gasteiger charge is 2.39. The average Bonchev–Trinajstić information content (AvgIpc) is 3.05. The quantitative estimate of drug-likeness (QED) is 0.923. The predicted octanol–water partition coefficient (Wildman–Crippen LogP) is 3.31. The van der Waals surface area contributed by atoms with Crippen LogP contribution in [0.2, 0.25) is 0 Å². The maximum absolute atomic E-state index is 11.7. The molecule has 3 rings (SSSR count). The molecule has 0 radical (unpaired) electrons. The van der Waals surface area contributed by atoms with Crippen LogP contribution in [0.3, 0.4) is 0 Å². The van der Waals surface area contributed by atoms with Crippen molar-refractivity contribution in [2.45, 2.75) is 51.1 Å². The molecule has 104 valence electrons. The van der Waals surface area contributed by atoms with Gasteiger partial charge in [0.15, 0.2) is 0 Å². The minimum atomic E-state index is -0.681. The van der Waals surface area contributed by atoms with Gasteiger partial charge in [0.05, 0.1) is 0 Å². The van der Waals surface area contributed by atoms with Gasteiger partial charge in [-0.25, -0.2) is 0 Å². The van der Waals surface area contributed by atoms with E-state index in [2.05, 4.69) is 11.8 Å². The molecule has 0 spiro atoms. The second-order valence-electron chi connectivity index (χ2n) is 5.77. The molecule has 19 heavy (non-hydrogen) atoms. The zero-order valence-corrected chi connectivity index (χ0v) is 12.2. The first kappa shape index (κ1) is 13.1. The molecule has 4 heteroatoms. The van der Waals surface area contributed by atoms with Gasteiger partial charge in [0, 0.05) is 17.5 Å². The average molecular weight is 279 g/mol. The lowest BCUT2D eigenvalue weighted by atomic mass is 9.96. The van der Waals surface area contributed by atoms with E-state index in [1.165, 1.54) is 30.6 Å². The highest BCUT2D eigenvalue weighted by atomic mass is 32.1. The minimum absolute atomic E-state index is 0.407. The molecule has 3 nitrogen and oxygen atoms in total. The van der Waals surface area contributed by atoms with Gasteiger partial charge in [-0.2, -0.15) is 0 Å². The van der Waals surface area contributed by atoms with Gasteiger partial charge in [0.1, 0.15) is 6.04 Å². The number of hydrogen-bond donors (Lipinski definition) is 1. The summed E-state index contributed by atoms with van der Waals surface area (Å²) in [6.07, 6.45) is 5.86. The first-order chi connectivity index (χ1) is 9.20. The molecule has 3 unspecified atom stereocenters. The Hall–Kier alpha value is -0.870. The van der Waals surface area contributed by atoms with Crippen molar-refractivity contribution in [3.8, 4) is 0 Å². The highest BCUT2D eigenvalue weighted by molar-refractivity contribution is 7.10. The van der Waals surface area contributed by atoms with Gasteiger partial charge in [-0.05, 0) is 48.6 Å². The van der Waals surface area contributed by atoms with Crippen molar-refractivity contribution in [3.63, 3.8) is 0 Å². The van der Waals surface area contributed by atoms with Crippen LogP contribution in [0.5, 0.6) is 0 Å². The van der Waals surface area contributed by atoms with Crippen molar-refractivity contribution in [1.29, 1.82) is 0 Å². The van der Waals surface area contributed by atoms with Gasteiger partial charge in [-0.15, -0.1) is 11.3 Å². The van der Waals surface area contributed by atoms with E-state index < -0.39 is 12.0 Å². The first-order valence-corrected chi connectivity index (χ1v) is 8.13. The largest absolute Gasteiger partial charge is 0.480 e. The molecule has 2 heterocycles. The van der Waals surface area contributed by atoms with Crippen molar-refractivity contribution in [3.05, 3.63) is 21.9 Å². The number of rotatable bonds is 3. The van der Waals surface area contributed by atoms with E-state index in [9.17, 15) is 9.90 Å². The molecule has 1 aliphatic heterocycles. The maximum atomic E-state index is 11.7. The molecule has 0 aromatic carbocycles. The molecule has 0 saturated heterocycles. The molecule has 2 aliphatic rings. The number of fused-ring (bicyclic) bond motifs is 1. The Morgan fingerprint density at radius 2 is 2.37 bits per heavy atom. The van der Waals surface area contributed by atoms with Crippen LogP contribution in [0.25, 0.3) is 0 Å². The summed E-state index contributed by atoms with van der Waals surface area (Å²) in [5.41, 5.74) is 1.05. The summed E-state index contributed by atoms with van der Waals surface area (Å²) in [7, 11) is 0. The Morgan fingerprint density at radius 3 is 3.05 bits per heavy atom. The molecule has 1 aliphatic carbocycles. The normalized spacial score (nSPS) is 31.3. The van der Waals surface area contributed by atoms with Crippen LogP contribution < -0.4 is 0 Å². The van der Waals surface area contributed by atoms with E-state index >= 15 is 0 Å². The summed E-state index contributed by atoms with van der Waals surface area (Å²) in [5, 5.41) is 11.7. The van der Waals surface area contributed by atoms with E-state index in [1.54, 1.807) is 11.3 Å². The standard InChI is InChI=1S/C15H21NO2S/c1-2-10-3-4-11(9-10)16-7-5-13-12(6-8-19-13)14(16)15(17)18/h6,8,10-11,14H,2-5,7,9H2,1H3,(H,17,18). The second kappa shape index (κ2) is 5.25. The Balaban J connectivity index is 1.84. The van der Waals surface area contributed by atoms with Crippen molar-refractivity contribution in [2.24, 2.45) is 5.92 Å². The number of carboxylic acids is 1. The van der Waals surface area contributed by atoms with Crippen molar-refractivity contribution >= 4 is 17.3 Å². The lowest BCUT2D eigenvalue weighted by Gasteiger charge is -2.37. The van der Waals surface area contributed by atoms with E-state index in [0.29, 0.717) is 6.04 Å². The molecule has 0 bridgehead atoms. The van der Waals surface area contributed by atoms with E-state index in [4.69, 9.17) is 0 Å². The third-order valence-corrected chi connectivity index (χ3v) is 5.79. The van der Waals surface area contributed by atoms with Crippen LogP contribution in [0.4, 0.5) is 0 Å². The summed E-state index contributed by atoms with van der Waals surface area (Å²) in [5.74, 6) is 0.114. The summed E-state index contributed by atoms with van der Waals surface area (Å²) < 4.78 is 0. The lowest BCUT2D eigenvalue weighted by molar-refractivity contribution is -0.145. The Kier molecular flexibility index (Phi) is 3.63. The van der Waals surface area contributed by atoms with E-state index in [-0.39, 0.29) is 0 Å². The number of carbonyl (C=O) groups is 1. The number of hydrogen-bond acceptors (Lipinski definition) is 3. The lowest BCUT2D eigenvalue weighted by Crippen LogP contribution is -2.44. The van der Waals surface area contributed by atoms with Crippen molar-refractivity contribution in [1.82, 2.24) is 4.90 Å². The second-order valence-corrected chi connectivity index (χ2v) is 6.77. The highest BCUT2D eigenvalue weighted by Crippen LogP contribution is 2.40. The third kappa shape index (κ3) is 2.32. The fraction of sp³-hybridized carbons (Fsp3) is 0.667. The van der Waals surface area contributed by atoms with Crippen molar-refractivity contribution in [2.75, 3.05) is 6.54 Å². The molecule has 1 aromatic rings. The molecule has 1 fully saturated rings. The van der Waals surface area contributed by atoms with E-state index in [0.717, 1.165) is 24.4 Å². The fourth-order valence-corrected chi connectivity index (χ4v) is 4.63. The van der Waals surface area contributed by atoms with Crippen LogP contribution in [-0.4, -0.2) is 28.6 Å². The minimum Gasteiger partial charge on any atom is -0.480 e. The number of thiophene rings is 1. The van der Waals surface area contributed by atoms with Crippen LogP contribution in [-0.2, 0) is 11.2 Å². The van der Waals surface area contributed by atoms with E-state index in [1.807, 2.05) is 11.4 Å². The van der Waals surface area contributed by atoms with Crippen LogP contribution >= 0.6 is 11.3 Å². The molecule has 0 amide bonds. The van der Waals surface area contributed by atoms with Gasteiger partial charge in [0.2, 0.25) is 0 Å². The van der Waals surface area contributed by atoms with Crippen LogP contribution in [0, 0.1) is 5.92 Å². The smallest absolute Gasteiger partial charge is 0.325 e. The van der Waals surface area contributed by atoms with Gasteiger partial charge >= 0.3 is 5.97 Å². The number of carboxylic acid groups (broad SMARTS) is 1. The molecular formula is C15H21NO2S. The van der Waals surface area contributed by atoms with Gasteiger partial charge < -0.3 is 5.11 Å². The molecule has 3 atom stereocenters. The van der Waals surface area contributed by atoms with Gasteiger partial charge in [0.25, 0.3) is 0 Å². The summed E-state index contributed by atoms with van der Waals surface area (Å²) >= 11 is 1.71. The zero-order valence-electron chi connectivity index (χ0n) is 11.3. The summed E-state index contributed by atoms with van der Waals surface area (Å²) in [6.45, 7) is 3.15. The number of nitrogens with zero attached hydrogens (tertiary/aromatic N) is 1. The van der Waals surface area contributed by atoms with Gasteiger partial charge in [-0.1, -0.05) is 13.3 Å². The number of aliphatic carboxylic acids is 1. The molecule has 1 aromatic heterocycles. The Labute approximate surface area is 118 Å². The Morgan fingerprint density at radius 1 is 1.53 bits per heavy atom. The molecular weight excluding hydrogens is 258 g/mol. The zero-order chi connectivity index (χ0) is 13.4. The maximum Gasteiger partial charge on any atom is 0.325 e. The summed E-state index contributed by atoms with van der Waals surface area (Å²) in [4.78, 5) is 15.2. The predicted molar refractivity (Wildman–Crippen MR) is 76.5 cm³/mol. The topological polar surface area (TPSA) is 40.5 Å². The molecule has 1 saturated carbocycles. The molecule has 1 N–H and O–H groups in total. The first-order valence-electron chi connectivity index (χ1n) is 7.25. The van der Waals surface area contributed by atoms with Crippen molar-refractivity contribution < 1.29 is 9.90 Å². The fourth-order valence-electron chi connectivity index (χ4n) is 3.72. The monoisotopic (exact) mass is 279 g/mol. The Bertz CT molecular complexity index is 470. The van der Waals surface area contributed by atoms with Crippen LogP contribution in [0.15, 0.2) is 11.4 Å². The third-order valence-electron chi connectivity index (χ3n) is 4.80. The summed E-state index contributed by atoms with van der Waals surface area (Å²) in [6, 6.07) is 2.08. The van der Waals surface area contributed by atoms with Gasteiger partial charge in [-0.3, -0.25) is 9.69 Å². The SMILES string of the molecule is CCC1CCC(N2CCc3sccc3C2C(=O)O)C1.